The second kappa shape index (κ2) is 9.84. The van der Waals surface area contributed by atoms with E-state index in [1.807, 2.05) is 63.8 Å². The van der Waals surface area contributed by atoms with E-state index in [1.54, 1.807) is 7.11 Å². The third-order valence-corrected chi connectivity index (χ3v) is 3.27. The molecule has 0 bridgehead atoms. The molecule has 1 aromatic carbocycles. The van der Waals surface area contributed by atoms with Crippen LogP contribution in [-0.2, 0) is 13.2 Å². The van der Waals surface area contributed by atoms with Crippen LogP contribution in [0, 0.1) is 6.92 Å². The molecule has 0 saturated carbocycles. The van der Waals surface area contributed by atoms with Gasteiger partial charge in [-0.1, -0.05) is 19.1 Å². The van der Waals surface area contributed by atoms with Crippen molar-refractivity contribution in [3.05, 3.63) is 35.7 Å². The number of aromatic nitrogens is 3. The summed E-state index contributed by atoms with van der Waals surface area (Å²) in [4.78, 5) is 2.12. The molecular weight excluding hydrogens is 292 g/mol. The maximum absolute atomic E-state index is 5.73. The van der Waals surface area contributed by atoms with Crippen LogP contribution in [0.3, 0.4) is 0 Å². The van der Waals surface area contributed by atoms with Gasteiger partial charge >= 0.3 is 0 Å². The number of nitrogens with zero attached hydrogens (tertiary/aromatic N) is 4. The molecule has 0 spiro atoms. The number of likely N-dealkylation sites (N-methyl/N-ethyl adjacent to an activating group) is 1. The highest BCUT2D eigenvalue weighted by molar-refractivity contribution is 5.31. The summed E-state index contributed by atoms with van der Waals surface area (Å²) in [5, 5.41) is 8.35. The van der Waals surface area contributed by atoms with Crippen molar-refractivity contribution in [2.45, 2.75) is 33.9 Å². The summed E-state index contributed by atoms with van der Waals surface area (Å²) in [5.74, 6) is 1.60. The molecule has 0 fully saturated rings. The van der Waals surface area contributed by atoms with Gasteiger partial charge in [0.15, 0.2) is 0 Å². The summed E-state index contributed by atoms with van der Waals surface area (Å²) >= 11 is 0. The highest BCUT2D eigenvalue weighted by atomic mass is 16.5. The molecule has 2 rings (SSSR count). The summed E-state index contributed by atoms with van der Waals surface area (Å²) < 4.78 is 12.8. The summed E-state index contributed by atoms with van der Waals surface area (Å²) in [6.07, 6.45) is 0. The number of ether oxygens (including phenoxy) is 2. The first-order valence-corrected chi connectivity index (χ1v) is 7.90. The lowest BCUT2D eigenvalue weighted by Gasteiger charge is -2.10. The van der Waals surface area contributed by atoms with Crippen molar-refractivity contribution in [2.75, 3.05) is 27.7 Å². The second-order valence-corrected chi connectivity index (χ2v) is 5.11. The van der Waals surface area contributed by atoms with Gasteiger partial charge in [-0.05, 0) is 45.3 Å². The van der Waals surface area contributed by atoms with Crippen molar-refractivity contribution < 1.29 is 9.47 Å². The average Bonchev–Trinajstić information content (AvgIpc) is 2.93. The maximum atomic E-state index is 5.73. The van der Waals surface area contributed by atoms with Gasteiger partial charge in [0.2, 0.25) is 0 Å². The Kier molecular flexibility index (Phi) is 8.11. The van der Waals surface area contributed by atoms with E-state index >= 15 is 0 Å². The predicted molar refractivity (Wildman–Crippen MR) is 92.0 cm³/mol. The van der Waals surface area contributed by atoms with E-state index < -0.39 is 0 Å². The molecule has 2 aromatic rings. The Morgan fingerprint density at radius 2 is 1.70 bits per heavy atom. The van der Waals surface area contributed by atoms with E-state index in [4.69, 9.17) is 9.47 Å². The molecule has 0 aliphatic carbocycles. The molecular formula is C17H28N4O2. The van der Waals surface area contributed by atoms with E-state index in [0.717, 1.165) is 36.0 Å². The Hall–Kier alpha value is -2.08. The van der Waals surface area contributed by atoms with Crippen LogP contribution in [-0.4, -0.2) is 47.6 Å². The van der Waals surface area contributed by atoms with Gasteiger partial charge in [0.25, 0.3) is 0 Å². The zero-order chi connectivity index (χ0) is 17.2. The number of methoxy groups -OCH3 is 1. The van der Waals surface area contributed by atoms with Crippen molar-refractivity contribution in [1.29, 1.82) is 0 Å². The Morgan fingerprint density at radius 1 is 1.09 bits per heavy atom. The number of rotatable bonds is 7. The quantitative estimate of drug-likeness (QED) is 0.785. The van der Waals surface area contributed by atoms with Crippen molar-refractivity contribution in [3.63, 3.8) is 0 Å². The van der Waals surface area contributed by atoms with E-state index in [0.29, 0.717) is 6.61 Å². The van der Waals surface area contributed by atoms with Gasteiger partial charge in [0.1, 0.15) is 23.8 Å². The van der Waals surface area contributed by atoms with Gasteiger partial charge < -0.3 is 14.4 Å². The van der Waals surface area contributed by atoms with Crippen LogP contribution in [0.25, 0.3) is 0 Å². The summed E-state index contributed by atoms with van der Waals surface area (Å²) in [7, 11) is 5.73. The van der Waals surface area contributed by atoms with E-state index in [1.165, 1.54) is 0 Å². The zero-order valence-corrected chi connectivity index (χ0v) is 15.0. The molecule has 0 radical (unpaired) electrons. The van der Waals surface area contributed by atoms with E-state index in [-0.39, 0.29) is 0 Å². The molecule has 0 atom stereocenters. The fraction of sp³-hybridized carbons (Fsp3) is 0.529. The molecule has 128 valence electrons. The SMILES string of the molecule is CC.COc1ccc(OCc2nnn(CCN(C)C)c2C)cc1. The van der Waals surface area contributed by atoms with Gasteiger partial charge in [-0.25, -0.2) is 4.68 Å². The third-order valence-electron chi connectivity index (χ3n) is 3.27. The van der Waals surface area contributed by atoms with Crippen LogP contribution >= 0.6 is 0 Å². The first kappa shape index (κ1) is 19.0. The lowest BCUT2D eigenvalue weighted by Crippen LogP contribution is -2.19. The first-order chi connectivity index (χ1) is 11.1. The van der Waals surface area contributed by atoms with Gasteiger partial charge in [-0.2, -0.15) is 0 Å². The third kappa shape index (κ3) is 5.90. The smallest absolute Gasteiger partial charge is 0.134 e. The van der Waals surface area contributed by atoms with Crippen LogP contribution < -0.4 is 9.47 Å². The first-order valence-electron chi connectivity index (χ1n) is 7.90. The fourth-order valence-electron chi connectivity index (χ4n) is 1.86. The monoisotopic (exact) mass is 320 g/mol. The second-order valence-electron chi connectivity index (χ2n) is 5.11. The molecule has 0 aliphatic rings. The zero-order valence-electron chi connectivity index (χ0n) is 15.0. The summed E-state index contributed by atoms with van der Waals surface area (Å²) in [5.41, 5.74) is 1.91. The van der Waals surface area contributed by atoms with Crippen LogP contribution in [0.5, 0.6) is 11.5 Å². The predicted octanol–water partition coefficient (Wildman–Crippen LogP) is 2.76. The molecule has 0 aliphatic heterocycles. The van der Waals surface area contributed by atoms with Crippen LogP contribution in [0.15, 0.2) is 24.3 Å². The van der Waals surface area contributed by atoms with Crippen molar-refractivity contribution >= 4 is 0 Å². The Labute approximate surface area is 139 Å². The molecule has 1 heterocycles. The number of benzene rings is 1. The Balaban J connectivity index is 0.00000127. The lowest BCUT2D eigenvalue weighted by molar-refractivity contribution is 0.299. The highest BCUT2D eigenvalue weighted by Gasteiger charge is 2.09. The minimum atomic E-state index is 0.417. The highest BCUT2D eigenvalue weighted by Crippen LogP contribution is 2.18. The molecule has 0 amide bonds. The van der Waals surface area contributed by atoms with Gasteiger partial charge in [-0.15, -0.1) is 5.10 Å². The van der Waals surface area contributed by atoms with Crippen molar-refractivity contribution in [1.82, 2.24) is 19.9 Å². The Bertz CT molecular complexity index is 564. The van der Waals surface area contributed by atoms with E-state index in [9.17, 15) is 0 Å². The summed E-state index contributed by atoms with van der Waals surface area (Å²) in [6.45, 7) is 8.19. The number of hydrogen-bond donors (Lipinski definition) is 0. The average molecular weight is 320 g/mol. The van der Waals surface area contributed by atoms with Gasteiger partial charge in [0, 0.05) is 6.54 Å². The summed E-state index contributed by atoms with van der Waals surface area (Å²) in [6, 6.07) is 7.50. The van der Waals surface area contributed by atoms with Gasteiger partial charge in [-0.3, -0.25) is 0 Å². The molecule has 0 saturated heterocycles. The molecule has 1 aromatic heterocycles. The van der Waals surface area contributed by atoms with Gasteiger partial charge in [0.05, 0.1) is 19.3 Å². The molecule has 6 nitrogen and oxygen atoms in total. The molecule has 0 N–H and O–H groups in total. The number of hydrogen-bond acceptors (Lipinski definition) is 5. The largest absolute Gasteiger partial charge is 0.497 e. The topological polar surface area (TPSA) is 52.4 Å². The van der Waals surface area contributed by atoms with Crippen molar-refractivity contribution in [2.24, 2.45) is 0 Å². The van der Waals surface area contributed by atoms with Crippen LogP contribution in [0.2, 0.25) is 0 Å². The minimum Gasteiger partial charge on any atom is -0.497 e. The molecule has 0 unspecified atom stereocenters. The minimum absolute atomic E-state index is 0.417. The van der Waals surface area contributed by atoms with Crippen LogP contribution in [0.4, 0.5) is 0 Å². The van der Waals surface area contributed by atoms with Crippen LogP contribution in [0.1, 0.15) is 25.2 Å². The Morgan fingerprint density at radius 3 is 2.26 bits per heavy atom. The van der Waals surface area contributed by atoms with Crippen molar-refractivity contribution in [3.8, 4) is 11.5 Å². The molecule has 6 heteroatoms. The standard InChI is InChI=1S/C15H22N4O2.C2H6/c1-12-15(16-17-19(12)10-9-18(2)3)11-21-14-7-5-13(20-4)6-8-14;1-2/h5-8H,9-11H2,1-4H3;1-2H3. The molecule has 23 heavy (non-hydrogen) atoms. The maximum Gasteiger partial charge on any atom is 0.134 e. The normalized spacial score (nSPS) is 10.2. The van der Waals surface area contributed by atoms with E-state index in [2.05, 4.69) is 15.2 Å². The fourth-order valence-corrected chi connectivity index (χ4v) is 1.86. The lowest BCUT2D eigenvalue weighted by atomic mass is 10.3.